The third-order valence-electron chi connectivity index (χ3n) is 7.24. The van der Waals surface area contributed by atoms with Crippen LogP contribution in [0.2, 0.25) is 0 Å². The summed E-state index contributed by atoms with van der Waals surface area (Å²) >= 11 is 0. The number of amides is 1. The Labute approximate surface area is 219 Å². The zero-order valence-corrected chi connectivity index (χ0v) is 22.5. The maximum atomic E-state index is 15.8. The predicted molar refractivity (Wildman–Crippen MR) is 144 cm³/mol. The Balaban J connectivity index is 1.80. The van der Waals surface area contributed by atoms with Crippen molar-refractivity contribution in [3.8, 4) is 6.07 Å². The van der Waals surface area contributed by atoms with E-state index in [9.17, 15) is 15.2 Å². The molecule has 0 saturated heterocycles. The van der Waals surface area contributed by atoms with Crippen LogP contribution in [-0.2, 0) is 10.4 Å². The van der Waals surface area contributed by atoms with Crippen molar-refractivity contribution in [2.75, 3.05) is 22.9 Å². The fourth-order valence-electron chi connectivity index (χ4n) is 4.84. The first-order valence-electron chi connectivity index (χ1n) is 12.9. The lowest BCUT2D eigenvalue weighted by atomic mass is 9.72. The molecule has 3 unspecified atom stereocenters. The van der Waals surface area contributed by atoms with Crippen LogP contribution in [0.25, 0.3) is 0 Å². The summed E-state index contributed by atoms with van der Waals surface area (Å²) in [7, 11) is 0. The minimum Gasteiger partial charge on any atom is -0.384 e. The third-order valence-corrected chi connectivity index (χ3v) is 7.24. The van der Waals surface area contributed by atoms with Gasteiger partial charge in [0.05, 0.1) is 29.7 Å². The number of anilines is 2. The van der Waals surface area contributed by atoms with Crippen molar-refractivity contribution in [2.45, 2.75) is 71.6 Å². The molecule has 1 fully saturated rings. The molecule has 1 aromatic carbocycles. The van der Waals surface area contributed by atoms with Crippen molar-refractivity contribution in [2.24, 2.45) is 11.8 Å². The van der Waals surface area contributed by atoms with Gasteiger partial charge < -0.3 is 10.0 Å². The second kappa shape index (κ2) is 11.8. The molecule has 8 heteroatoms. The molecule has 2 aromatic rings. The topological polar surface area (TPSA) is 93.3 Å². The van der Waals surface area contributed by atoms with Gasteiger partial charge in [0, 0.05) is 30.9 Å². The quantitative estimate of drug-likeness (QED) is 0.432. The molecule has 1 aliphatic rings. The van der Waals surface area contributed by atoms with Crippen LogP contribution in [-0.4, -0.2) is 40.2 Å². The monoisotopic (exact) mass is 507 g/mol. The summed E-state index contributed by atoms with van der Waals surface area (Å²) in [6.07, 6.45) is 10.2. The Bertz CT molecular complexity index is 1130. The van der Waals surface area contributed by atoms with E-state index < -0.39 is 11.3 Å². The van der Waals surface area contributed by atoms with Crippen LogP contribution in [0, 0.1) is 30.1 Å². The van der Waals surface area contributed by atoms with E-state index in [0.717, 1.165) is 24.1 Å². The van der Waals surface area contributed by atoms with Gasteiger partial charge >= 0.3 is 0 Å². The van der Waals surface area contributed by atoms with Gasteiger partial charge in [-0.25, -0.2) is 9.37 Å². The molecule has 37 heavy (non-hydrogen) atoms. The second-order valence-corrected chi connectivity index (χ2v) is 10.8. The molecule has 1 aromatic heterocycles. The number of nitriles is 1. The Morgan fingerprint density at radius 3 is 2.62 bits per heavy atom. The summed E-state index contributed by atoms with van der Waals surface area (Å²) in [6, 6.07) is 7.77. The first kappa shape index (κ1) is 28.3. The summed E-state index contributed by atoms with van der Waals surface area (Å²) < 4.78 is 15.8. The van der Waals surface area contributed by atoms with Gasteiger partial charge in [0.1, 0.15) is 11.3 Å². The molecule has 3 atom stereocenters. The number of carbonyl (C=O) groups is 1. The van der Waals surface area contributed by atoms with Crippen LogP contribution in [0.1, 0.15) is 70.2 Å². The van der Waals surface area contributed by atoms with Crippen LogP contribution in [0.3, 0.4) is 0 Å². The predicted octanol–water partition coefficient (Wildman–Crippen LogP) is 5.42. The summed E-state index contributed by atoms with van der Waals surface area (Å²) in [6.45, 7) is 9.86. The molecule has 0 spiro atoms. The number of allylic oxidation sites excluding steroid dienone is 1. The highest BCUT2D eigenvalue weighted by molar-refractivity contribution is 5.72. The van der Waals surface area contributed by atoms with Crippen molar-refractivity contribution >= 4 is 17.9 Å². The fraction of sp³-hybridized carbons (Fsp3) is 0.517. The number of hydrogen-bond donors (Lipinski definition) is 1. The molecule has 0 bridgehead atoms. The minimum absolute atomic E-state index is 0.0957. The molecule has 7 nitrogen and oxygen atoms in total. The van der Waals surface area contributed by atoms with Gasteiger partial charge in [-0.05, 0) is 77.0 Å². The number of rotatable bonds is 10. The molecule has 1 saturated carbocycles. The van der Waals surface area contributed by atoms with E-state index in [-0.39, 0.29) is 11.8 Å². The third kappa shape index (κ3) is 7.14. The first-order valence-corrected chi connectivity index (χ1v) is 12.9. The highest BCUT2D eigenvalue weighted by atomic mass is 19.1. The van der Waals surface area contributed by atoms with E-state index in [2.05, 4.69) is 20.9 Å². The highest BCUT2D eigenvalue weighted by Crippen LogP contribution is 2.41. The molecule has 1 heterocycles. The number of aliphatic hydroxyl groups is 1. The first-order chi connectivity index (χ1) is 17.5. The van der Waals surface area contributed by atoms with Crippen molar-refractivity contribution in [3.05, 3.63) is 59.7 Å². The lowest BCUT2D eigenvalue weighted by Crippen LogP contribution is -2.45. The van der Waals surface area contributed by atoms with Gasteiger partial charge in [-0.2, -0.15) is 5.26 Å². The Kier molecular flexibility index (Phi) is 9.03. The van der Waals surface area contributed by atoms with Gasteiger partial charge in [0.25, 0.3) is 0 Å². The zero-order chi connectivity index (χ0) is 27.2. The smallest absolute Gasteiger partial charge is 0.215 e. The van der Waals surface area contributed by atoms with E-state index in [4.69, 9.17) is 0 Å². The summed E-state index contributed by atoms with van der Waals surface area (Å²) in [4.78, 5) is 24.1. The van der Waals surface area contributed by atoms with Crippen LogP contribution in [0.4, 0.5) is 15.9 Å². The van der Waals surface area contributed by atoms with Crippen molar-refractivity contribution in [3.63, 3.8) is 0 Å². The van der Waals surface area contributed by atoms with E-state index in [1.807, 2.05) is 38.3 Å². The second-order valence-electron chi connectivity index (χ2n) is 10.8. The summed E-state index contributed by atoms with van der Waals surface area (Å²) in [5, 5.41) is 19.5. The maximum absolute atomic E-state index is 15.8. The summed E-state index contributed by atoms with van der Waals surface area (Å²) in [5.74, 6) is 0.234. The van der Waals surface area contributed by atoms with Crippen molar-refractivity contribution in [1.29, 1.82) is 5.26 Å². The van der Waals surface area contributed by atoms with Crippen LogP contribution in [0.15, 0.2) is 42.9 Å². The normalized spacial score (nSPS) is 22.0. The van der Waals surface area contributed by atoms with Gasteiger partial charge in [0.15, 0.2) is 5.82 Å². The van der Waals surface area contributed by atoms with Gasteiger partial charge in [-0.1, -0.05) is 19.1 Å². The largest absolute Gasteiger partial charge is 0.384 e. The van der Waals surface area contributed by atoms with E-state index >= 15 is 4.39 Å². The number of halogens is 1. The van der Waals surface area contributed by atoms with Crippen LogP contribution in [0.5, 0.6) is 0 Å². The van der Waals surface area contributed by atoms with Crippen molar-refractivity contribution < 1.29 is 14.3 Å². The number of hydrogen-bond acceptors (Lipinski definition) is 6. The lowest BCUT2D eigenvalue weighted by Gasteiger charge is -2.42. The molecule has 0 aliphatic heterocycles. The van der Waals surface area contributed by atoms with Crippen LogP contribution < -0.4 is 9.80 Å². The van der Waals surface area contributed by atoms with Gasteiger partial charge in [-0.3, -0.25) is 14.7 Å². The standard InChI is InChI=1S/C29H38FN5O2/c1-6-7-12-34(25-14-22(15-31)9-8-21(25)2)19-24-13-23(10-11-29(24,5)30)18-35(20-36)27-17-32-26(16-33-27)28(3,4)37/h7-9,12,14,16-17,20,23-24,37H,6,10-11,13,18-19H2,1-5H3/b12-7-. The number of nitrogens with zero attached hydrogens (tertiary/aromatic N) is 5. The number of aromatic nitrogens is 2. The number of aryl methyl sites for hydroxylation is 1. The average molecular weight is 508 g/mol. The van der Waals surface area contributed by atoms with Gasteiger partial charge in [-0.15, -0.1) is 0 Å². The molecule has 3 rings (SSSR count). The molecule has 198 valence electrons. The molecule has 0 radical (unpaired) electrons. The SMILES string of the molecule is CC/C=C\N(CC1CC(CN(C=O)c2cnc(C(C)(C)O)cn2)CCC1(C)F)c1cc(C#N)ccc1C. The average Bonchev–Trinajstić information content (AvgIpc) is 2.86. The number of benzene rings is 1. The number of alkyl halides is 1. The molecule has 1 amide bonds. The lowest BCUT2D eigenvalue weighted by molar-refractivity contribution is -0.107. The summed E-state index contributed by atoms with van der Waals surface area (Å²) in [5.41, 5.74) is 0.437. The molecule has 1 aliphatic carbocycles. The Hall–Kier alpha value is -3.31. The Morgan fingerprint density at radius 2 is 2.03 bits per heavy atom. The molecular weight excluding hydrogens is 469 g/mol. The van der Waals surface area contributed by atoms with E-state index in [1.54, 1.807) is 26.8 Å². The van der Waals surface area contributed by atoms with Gasteiger partial charge in [0.2, 0.25) is 6.41 Å². The molecule has 1 N–H and O–H groups in total. The highest BCUT2D eigenvalue weighted by Gasteiger charge is 2.41. The Morgan fingerprint density at radius 1 is 1.27 bits per heavy atom. The van der Waals surface area contributed by atoms with Crippen LogP contribution >= 0.6 is 0 Å². The maximum Gasteiger partial charge on any atom is 0.215 e. The van der Waals surface area contributed by atoms with E-state index in [0.29, 0.717) is 49.4 Å². The zero-order valence-electron chi connectivity index (χ0n) is 22.5. The minimum atomic E-state index is -1.35. The fourth-order valence-corrected chi connectivity index (χ4v) is 4.84. The molecular formula is C29H38FN5O2. The van der Waals surface area contributed by atoms with E-state index in [1.165, 1.54) is 17.3 Å². The number of carbonyl (C=O) groups excluding carboxylic acids is 1. The van der Waals surface area contributed by atoms with Crippen molar-refractivity contribution in [1.82, 2.24) is 9.97 Å².